The number of carbonyl (C=O) groups is 1. The van der Waals surface area contributed by atoms with Crippen LogP contribution in [0.2, 0.25) is 0 Å². The van der Waals surface area contributed by atoms with E-state index in [1.165, 1.54) is 18.2 Å². The van der Waals surface area contributed by atoms with Crippen molar-refractivity contribution in [3.8, 4) is 11.5 Å². The molecule has 120 valence electrons. The molecule has 0 aliphatic carbocycles. The van der Waals surface area contributed by atoms with Gasteiger partial charge in [-0.15, -0.1) is 0 Å². The summed E-state index contributed by atoms with van der Waals surface area (Å²) >= 11 is 0. The topological polar surface area (TPSA) is 108 Å². The monoisotopic (exact) mass is 315 g/mol. The van der Waals surface area contributed by atoms with Crippen molar-refractivity contribution in [2.75, 3.05) is 11.9 Å². The van der Waals surface area contributed by atoms with E-state index < -0.39 is 6.03 Å². The van der Waals surface area contributed by atoms with Crippen LogP contribution in [0.15, 0.2) is 42.5 Å². The second-order valence-corrected chi connectivity index (χ2v) is 4.88. The lowest BCUT2D eigenvalue weighted by molar-refractivity contribution is -0.349. The minimum absolute atomic E-state index is 0.183. The van der Waals surface area contributed by atoms with Gasteiger partial charge in [0, 0.05) is 24.4 Å². The van der Waals surface area contributed by atoms with Gasteiger partial charge in [0.05, 0.1) is 0 Å². The lowest BCUT2D eigenvalue weighted by Crippen LogP contribution is -2.30. The molecule has 0 fully saturated rings. The Hall–Kier alpha value is -3.22. The van der Waals surface area contributed by atoms with E-state index in [1.54, 1.807) is 24.3 Å². The highest BCUT2D eigenvalue weighted by Gasteiger charge is 2.05. The first-order valence-corrected chi connectivity index (χ1v) is 6.89. The summed E-state index contributed by atoms with van der Waals surface area (Å²) in [6.07, 6.45) is 0.495. The maximum atomic E-state index is 11.8. The molecule has 4 N–H and O–H groups in total. The van der Waals surface area contributed by atoms with Gasteiger partial charge in [-0.1, -0.05) is 12.1 Å². The van der Waals surface area contributed by atoms with Gasteiger partial charge in [0.2, 0.25) is 5.69 Å². The van der Waals surface area contributed by atoms with Crippen LogP contribution in [0.1, 0.15) is 5.56 Å². The summed E-state index contributed by atoms with van der Waals surface area (Å²) in [7, 11) is 0. The Bertz CT molecular complexity index is 731. The number of hydrogen-bond acceptors (Lipinski definition) is 4. The van der Waals surface area contributed by atoms with Gasteiger partial charge in [0.1, 0.15) is 6.72 Å². The molecular formula is C16H17N3O4. The van der Waals surface area contributed by atoms with E-state index >= 15 is 0 Å². The zero-order valence-electron chi connectivity index (χ0n) is 12.3. The second-order valence-electron chi connectivity index (χ2n) is 4.88. The van der Waals surface area contributed by atoms with Gasteiger partial charge < -0.3 is 26.1 Å². The molecule has 7 nitrogen and oxygen atoms in total. The van der Waals surface area contributed by atoms with Crippen LogP contribution in [0.5, 0.6) is 11.5 Å². The molecule has 2 amide bonds. The third-order valence-electron chi connectivity index (χ3n) is 3.13. The number of carbonyl (C=O) groups excluding carboxylic acids is 1. The first kappa shape index (κ1) is 16.2. The first-order chi connectivity index (χ1) is 11.0. The highest BCUT2D eigenvalue weighted by Crippen LogP contribution is 2.24. The minimum Gasteiger partial charge on any atom is -0.619 e. The Labute approximate surface area is 133 Å². The fourth-order valence-corrected chi connectivity index (χ4v) is 1.96. The largest absolute Gasteiger partial charge is 0.619 e. The molecule has 0 atom stereocenters. The van der Waals surface area contributed by atoms with Gasteiger partial charge >= 0.3 is 6.03 Å². The van der Waals surface area contributed by atoms with Crippen molar-refractivity contribution in [2.45, 2.75) is 6.42 Å². The SMILES string of the molecule is C=[N+]([O-])c1cccc(NC(=O)NCCc2ccc(O)c(O)c2)c1. The summed E-state index contributed by atoms with van der Waals surface area (Å²) in [5, 5.41) is 35.0. The Morgan fingerprint density at radius 1 is 1.17 bits per heavy atom. The van der Waals surface area contributed by atoms with Crippen molar-refractivity contribution in [3.05, 3.63) is 53.2 Å². The van der Waals surface area contributed by atoms with Crippen molar-refractivity contribution in [1.82, 2.24) is 5.32 Å². The van der Waals surface area contributed by atoms with Gasteiger partial charge in [-0.05, 0) is 30.2 Å². The Morgan fingerprint density at radius 2 is 1.96 bits per heavy atom. The zero-order chi connectivity index (χ0) is 16.8. The van der Waals surface area contributed by atoms with Gasteiger partial charge in [-0.25, -0.2) is 4.79 Å². The number of phenols is 2. The second kappa shape index (κ2) is 7.17. The summed E-state index contributed by atoms with van der Waals surface area (Å²) in [5.41, 5.74) is 1.59. The minimum atomic E-state index is -0.410. The Kier molecular flexibility index (Phi) is 5.03. The summed E-state index contributed by atoms with van der Waals surface area (Å²) in [4.78, 5) is 11.8. The average Bonchev–Trinajstić information content (AvgIpc) is 2.51. The molecule has 0 saturated carbocycles. The number of benzene rings is 2. The van der Waals surface area contributed by atoms with Crippen LogP contribution in [-0.2, 0) is 6.42 Å². The lowest BCUT2D eigenvalue weighted by Gasteiger charge is -2.09. The van der Waals surface area contributed by atoms with Crippen molar-refractivity contribution >= 4 is 24.1 Å². The molecular weight excluding hydrogens is 298 g/mol. The van der Waals surface area contributed by atoms with Gasteiger partial charge in [0.15, 0.2) is 11.5 Å². The van der Waals surface area contributed by atoms with E-state index in [-0.39, 0.29) is 11.5 Å². The van der Waals surface area contributed by atoms with Crippen molar-refractivity contribution < 1.29 is 19.7 Å². The van der Waals surface area contributed by atoms with E-state index in [2.05, 4.69) is 17.4 Å². The molecule has 0 unspecified atom stereocenters. The molecule has 23 heavy (non-hydrogen) atoms. The summed E-state index contributed by atoms with van der Waals surface area (Å²) in [6.45, 7) is 3.58. The third kappa shape index (κ3) is 4.63. The highest BCUT2D eigenvalue weighted by atomic mass is 16.5. The fraction of sp³-hybridized carbons (Fsp3) is 0.125. The molecule has 0 aliphatic rings. The molecule has 0 heterocycles. The van der Waals surface area contributed by atoms with E-state index in [1.807, 2.05) is 0 Å². The summed E-state index contributed by atoms with van der Waals surface area (Å²) in [5.74, 6) is -0.378. The van der Waals surface area contributed by atoms with Crippen molar-refractivity contribution in [3.63, 3.8) is 0 Å². The van der Waals surface area contributed by atoms with Gasteiger partial charge in [-0.3, -0.25) is 0 Å². The van der Waals surface area contributed by atoms with E-state index in [0.29, 0.717) is 29.1 Å². The molecule has 0 radical (unpaired) electrons. The first-order valence-electron chi connectivity index (χ1n) is 6.89. The smallest absolute Gasteiger partial charge is 0.319 e. The van der Waals surface area contributed by atoms with Crippen LogP contribution >= 0.6 is 0 Å². The van der Waals surface area contributed by atoms with E-state index in [0.717, 1.165) is 5.56 Å². The van der Waals surface area contributed by atoms with Crippen LogP contribution in [0.4, 0.5) is 16.2 Å². The predicted molar refractivity (Wildman–Crippen MR) is 87.3 cm³/mol. The van der Waals surface area contributed by atoms with Gasteiger partial charge in [-0.2, -0.15) is 4.74 Å². The third-order valence-corrected chi connectivity index (χ3v) is 3.13. The number of nitrogens with one attached hydrogen (secondary N) is 2. The molecule has 0 aromatic heterocycles. The maximum Gasteiger partial charge on any atom is 0.319 e. The Balaban J connectivity index is 1.84. The molecule has 2 aromatic rings. The Morgan fingerprint density at radius 3 is 2.65 bits per heavy atom. The molecule has 0 saturated heterocycles. The predicted octanol–water partition coefficient (Wildman–Crippen LogP) is 2.30. The molecule has 2 aromatic carbocycles. The average molecular weight is 315 g/mol. The van der Waals surface area contributed by atoms with Crippen LogP contribution in [0, 0.1) is 5.21 Å². The molecule has 0 bridgehead atoms. The lowest BCUT2D eigenvalue weighted by atomic mass is 10.1. The quantitative estimate of drug-likeness (QED) is 0.223. The maximum absolute atomic E-state index is 11.8. The van der Waals surface area contributed by atoms with Crippen molar-refractivity contribution in [2.24, 2.45) is 0 Å². The molecule has 2 rings (SSSR count). The number of anilines is 1. The fourth-order valence-electron chi connectivity index (χ4n) is 1.96. The molecule has 0 aliphatic heterocycles. The number of rotatable bonds is 5. The number of phenolic OH excluding ortho intramolecular Hbond substituents is 2. The van der Waals surface area contributed by atoms with Crippen LogP contribution in [0.25, 0.3) is 0 Å². The van der Waals surface area contributed by atoms with Crippen LogP contribution in [-0.4, -0.2) is 34.2 Å². The van der Waals surface area contributed by atoms with Crippen molar-refractivity contribution in [1.29, 1.82) is 0 Å². The number of amides is 2. The molecule has 0 spiro atoms. The summed E-state index contributed by atoms with van der Waals surface area (Å²) in [6, 6.07) is 10.5. The normalized spacial score (nSPS) is 10.1. The van der Waals surface area contributed by atoms with Crippen LogP contribution < -0.4 is 10.6 Å². The van der Waals surface area contributed by atoms with E-state index in [9.17, 15) is 20.2 Å². The number of nitrogens with zero attached hydrogens (tertiary/aromatic N) is 1. The zero-order valence-corrected chi connectivity index (χ0v) is 12.3. The molecule has 7 heteroatoms. The number of hydrogen-bond donors (Lipinski definition) is 4. The van der Waals surface area contributed by atoms with Crippen LogP contribution in [0.3, 0.4) is 0 Å². The van der Waals surface area contributed by atoms with Gasteiger partial charge in [0.25, 0.3) is 0 Å². The number of urea groups is 1. The van der Waals surface area contributed by atoms with E-state index in [4.69, 9.17) is 0 Å². The summed E-state index contributed by atoms with van der Waals surface area (Å²) < 4.78 is 0.459. The highest BCUT2D eigenvalue weighted by molar-refractivity contribution is 5.89. The standard InChI is InChI=1S/C16H17N3O4/c1-19(23)13-4-2-3-12(10-13)18-16(22)17-8-7-11-5-6-14(20)15(21)9-11/h2-6,9-10,20-21H,1,7-8H2,(H2,17,18,22). The number of aromatic hydroxyl groups is 2.